The molecule has 0 spiro atoms. The molecule has 15 heavy (non-hydrogen) atoms. The van der Waals surface area contributed by atoms with Crippen LogP contribution in [0.3, 0.4) is 0 Å². The molecule has 78 valence electrons. The highest BCUT2D eigenvalue weighted by atomic mass is 16.4. The molecule has 4 nitrogen and oxygen atoms in total. The van der Waals surface area contributed by atoms with E-state index in [-0.39, 0.29) is 12.1 Å². The van der Waals surface area contributed by atoms with Gasteiger partial charge in [0, 0.05) is 5.56 Å². The molecule has 5 heteroatoms. The number of benzene rings is 1. The van der Waals surface area contributed by atoms with Gasteiger partial charge in [0.25, 0.3) is 0 Å². The topological polar surface area (TPSA) is 80.4 Å². The maximum Gasteiger partial charge on any atom is 0.320 e. The van der Waals surface area contributed by atoms with Crippen LogP contribution in [0.2, 0.25) is 0 Å². The van der Waals surface area contributed by atoms with E-state index < -0.39 is 12.0 Å². The maximum absolute atomic E-state index is 11.2. The zero-order valence-corrected chi connectivity index (χ0v) is 8.43. The molecule has 0 amide bonds. The second-order valence-electron chi connectivity index (χ2n) is 3.36. The summed E-state index contributed by atoms with van der Waals surface area (Å²) in [4.78, 5) is 21.8. The Morgan fingerprint density at radius 2 is 2.00 bits per heavy atom. The van der Waals surface area contributed by atoms with Gasteiger partial charge in [-0.3, -0.25) is 4.79 Å². The van der Waals surface area contributed by atoms with E-state index in [1.54, 1.807) is 24.3 Å². The molecule has 0 saturated carbocycles. The molecule has 1 rings (SSSR count). The van der Waals surface area contributed by atoms with Gasteiger partial charge in [-0.15, -0.1) is 0 Å². The van der Waals surface area contributed by atoms with Gasteiger partial charge in [-0.1, -0.05) is 24.3 Å². The molecule has 0 heterocycles. The maximum atomic E-state index is 11.2. The van der Waals surface area contributed by atoms with Crippen molar-refractivity contribution in [2.75, 3.05) is 0 Å². The Morgan fingerprint density at radius 1 is 1.40 bits per heavy atom. The average molecular weight is 205 g/mol. The lowest BCUT2D eigenvalue weighted by Crippen LogP contribution is -2.32. The van der Waals surface area contributed by atoms with E-state index >= 15 is 0 Å². The largest absolute Gasteiger partial charge is 0.480 e. The number of carboxylic acids is 1. The smallest absolute Gasteiger partial charge is 0.320 e. The third-order valence-corrected chi connectivity index (χ3v) is 2.15. The van der Waals surface area contributed by atoms with Crippen LogP contribution >= 0.6 is 0 Å². The highest BCUT2D eigenvalue weighted by Gasteiger charge is 2.15. The summed E-state index contributed by atoms with van der Waals surface area (Å²) in [6, 6.07) is 5.93. The third-order valence-electron chi connectivity index (χ3n) is 2.15. The summed E-state index contributed by atoms with van der Waals surface area (Å²) in [5, 5.41) is 8.66. The van der Waals surface area contributed by atoms with Crippen molar-refractivity contribution in [1.82, 2.24) is 0 Å². The second kappa shape index (κ2) is 4.75. The Bertz CT molecular complexity index is 392. The Labute approximate surface area is 88.5 Å². The highest BCUT2D eigenvalue weighted by molar-refractivity contribution is 6.62. The standard InChI is InChI=1S/C10H12BNO3/c11-9(13)7-4-2-1-3-6(7)5-8(12)10(14)15/h1-4,8H,5,11-12H2,(H,14,15)/t8-/m0/s1. The van der Waals surface area contributed by atoms with E-state index in [0.29, 0.717) is 11.1 Å². The average Bonchev–Trinajstić information content (AvgIpc) is 2.18. The Balaban J connectivity index is 2.94. The van der Waals surface area contributed by atoms with Crippen LogP contribution in [0.1, 0.15) is 15.9 Å². The van der Waals surface area contributed by atoms with Crippen LogP contribution in [-0.2, 0) is 11.2 Å². The van der Waals surface area contributed by atoms with Crippen molar-refractivity contribution in [3.63, 3.8) is 0 Å². The minimum absolute atomic E-state index is 0.0804. The van der Waals surface area contributed by atoms with E-state index in [2.05, 4.69) is 0 Å². The fourth-order valence-corrected chi connectivity index (χ4v) is 1.37. The van der Waals surface area contributed by atoms with E-state index in [0.717, 1.165) is 0 Å². The molecule has 0 saturated heterocycles. The molecule has 0 bridgehead atoms. The summed E-state index contributed by atoms with van der Waals surface area (Å²) < 4.78 is 0. The number of rotatable bonds is 4. The number of hydrogen-bond acceptors (Lipinski definition) is 3. The van der Waals surface area contributed by atoms with Crippen LogP contribution in [0, 0.1) is 0 Å². The van der Waals surface area contributed by atoms with Crippen molar-refractivity contribution in [2.24, 2.45) is 5.73 Å². The molecule has 0 aliphatic heterocycles. The lowest BCUT2D eigenvalue weighted by Gasteiger charge is -2.09. The first-order chi connectivity index (χ1) is 7.02. The minimum Gasteiger partial charge on any atom is -0.480 e. The molecule has 3 N–H and O–H groups in total. The quantitative estimate of drug-likeness (QED) is 0.644. The molecule has 1 atom stereocenters. The number of nitrogens with two attached hydrogens (primary N) is 1. The van der Waals surface area contributed by atoms with Gasteiger partial charge in [0.2, 0.25) is 0 Å². The first-order valence-corrected chi connectivity index (χ1v) is 4.59. The second-order valence-corrected chi connectivity index (χ2v) is 3.36. The Kier molecular flexibility index (Phi) is 3.63. The molecule has 0 aliphatic rings. The molecule has 0 aromatic heterocycles. The van der Waals surface area contributed by atoms with Gasteiger partial charge < -0.3 is 15.6 Å². The van der Waals surface area contributed by atoms with Crippen molar-refractivity contribution in [2.45, 2.75) is 12.5 Å². The Hall–Kier alpha value is -1.62. The van der Waals surface area contributed by atoms with Crippen LogP contribution < -0.4 is 5.73 Å². The molecule has 1 aromatic carbocycles. The van der Waals surface area contributed by atoms with Crippen molar-refractivity contribution in [3.8, 4) is 0 Å². The lowest BCUT2D eigenvalue weighted by atomic mass is 9.89. The number of carboxylic acid groups (broad SMARTS) is 1. The van der Waals surface area contributed by atoms with E-state index in [1.165, 1.54) is 7.85 Å². The lowest BCUT2D eigenvalue weighted by molar-refractivity contribution is -0.138. The summed E-state index contributed by atoms with van der Waals surface area (Å²) in [5.74, 6) is -1.06. The molecule has 0 aliphatic carbocycles. The fraction of sp³-hybridized carbons (Fsp3) is 0.200. The summed E-state index contributed by atoms with van der Waals surface area (Å²) in [6.07, 6.45) is 0.172. The van der Waals surface area contributed by atoms with Gasteiger partial charge in [0.05, 0.1) is 0 Å². The van der Waals surface area contributed by atoms with Crippen molar-refractivity contribution in [3.05, 3.63) is 35.4 Å². The molecular weight excluding hydrogens is 193 g/mol. The van der Waals surface area contributed by atoms with Gasteiger partial charge in [0.15, 0.2) is 7.85 Å². The molecule has 1 aromatic rings. The van der Waals surface area contributed by atoms with Crippen LogP contribution in [0.5, 0.6) is 0 Å². The normalized spacial score (nSPS) is 12.1. The number of carbonyl (C=O) groups excluding carboxylic acids is 1. The minimum atomic E-state index is -1.06. The molecule has 0 unspecified atom stereocenters. The SMILES string of the molecule is BC(=O)c1ccccc1C[C@H](N)C(=O)O. The molecule has 0 radical (unpaired) electrons. The van der Waals surface area contributed by atoms with Gasteiger partial charge in [-0.25, -0.2) is 0 Å². The van der Waals surface area contributed by atoms with E-state index in [1.807, 2.05) is 0 Å². The number of hydrogen-bond donors (Lipinski definition) is 2. The third kappa shape index (κ3) is 2.92. The van der Waals surface area contributed by atoms with Crippen LogP contribution in [0.4, 0.5) is 0 Å². The van der Waals surface area contributed by atoms with Crippen LogP contribution in [-0.4, -0.2) is 30.6 Å². The van der Waals surface area contributed by atoms with E-state index in [9.17, 15) is 9.59 Å². The summed E-state index contributed by atoms with van der Waals surface area (Å²) >= 11 is 0. The summed E-state index contributed by atoms with van der Waals surface area (Å²) in [5.41, 5.74) is 6.54. The number of aliphatic carboxylic acids is 1. The fourth-order valence-electron chi connectivity index (χ4n) is 1.37. The van der Waals surface area contributed by atoms with Crippen molar-refractivity contribution in [1.29, 1.82) is 0 Å². The highest BCUT2D eigenvalue weighted by Crippen LogP contribution is 2.10. The monoisotopic (exact) mass is 205 g/mol. The van der Waals surface area contributed by atoms with Gasteiger partial charge in [-0.2, -0.15) is 0 Å². The zero-order chi connectivity index (χ0) is 11.4. The summed E-state index contributed by atoms with van der Waals surface area (Å²) in [7, 11) is 1.45. The van der Waals surface area contributed by atoms with E-state index in [4.69, 9.17) is 10.8 Å². The summed E-state index contributed by atoms with van der Waals surface area (Å²) in [6.45, 7) is 0. The van der Waals surface area contributed by atoms with Crippen molar-refractivity contribution < 1.29 is 14.7 Å². The Morgan fingerprint density at radius 3 is 2.53 bits per heavy atom. The van der Waals surface area contributed by atoms with Crippen LogP contribution in [0.25, 0.3) is 0 Å². The van der Waals surface area contributed by atoms with Gasteiger partial charge >= 0.3 is 5.97 Å². The first kappa shape index (κ1) is 11.5. The first-order valence-electron chi connectivity index (χ1n) is 4.59. The van der Waals surface area contributed by atoms with Gasteiger partial charge in [-0.05, 0) is 12.0 Å². The van der Waals surface area contributed by atoms with Crippen molar-refractivity contribution >= 4 is 19.5 Å². The predicted octanol–water partition coefficient (Wildman–Crippen LogP) is -0.586. The molecular formula is C10H12BNO3. The predicted molar refractivity (Wildman–Crippen MR) is 58.6 cm³/mol. The number of carbonyl (C=O) groups is 2. The zero-order valence-electron chi connectivity index (χ0n) is 8.43. The van der Waals surface area contributed by atoms with Gasteiger partial charge in [0.1, 0.15) is 11.7 Å². The molecule has 0 fully saturated rings. The van der Waals surface area contributed by atoms with Crippen LogP contribution in [0.15, 0.2) is 24.3 Å².